The van der Waals surface area contributed by atoms with Crippen molar-refractivity contribution in [2.75, 3.05) is 12.4 Å². The molecule has 0 spiro atoms. The van der Waals surface area contributed by atoms with Crippen molar-refractivity contribution in [2.45, 2.75) is 32.2 Å². The van der Waals surface area contributed by atoms with E-state index in [1.807, 2.05) is 0 Å². The number of nitrogens with one attached hydrogen (secondary N) is 2. The molecule has 0 saturated heterocycles. The van der Waals surface area contributed by atoms with Gasteiger partial charge in [-0.3, -0.25) is 0 Å². The lowest BCUT2D eigenvalue weighted by Gasteiger charge is -2.12. The van der Waals surface area contributed by atoms with E-state index >= 15 is 0 Å². The highest BCUT2D eigenvalue weighted by Crippen LogP contribution is 2.34. The van der Waals surface area contributed by atoms with E-state index in [4.69, 9.17) is 9.84 Å². The highest BCUT2D eigenvalue weighted by Gasteiger charge is 2.37. The van der Waals surface area contributed by atoms with Gasteiger partial charge in [-0.15, -0.1) is 0 Å². The number of ether oxygens (including phenoxy) is 1. The topological polar surface area (TPSA) is 87.7 Å². The Morgan fingerprint density at radius 2 is 2.19 bits per heavy atom. The Morgan fingerprint density at radius 3 is 2.81 bits per heavy atom. The lowest BCUT2D eigenvalue weighted by Crippen LogP contribution is -2.31. The maximum absolute atomic E-state index is 11.9. The first-order valence-electron chi connectivity index (χ1n) is 7.04. The average molecular weight is 292 g/mol. The fourth-order valence-corrected chi connectivity index (χ4v) is 2.38. The van der Waals surface area contributed by atoms with Crippen LogP contribution < -0.4 is 15.4 Å². The summed E-state index contributed by atoms with van der Waals surface area (Å²) in [5.41, 5.74) is 0.448. The normalized spacial score (nSPS) is 19.7. The molecule has 2 rings (SSSR count). The second kappa shape index (κ2) is 6.47. The van der Waals surface area contributed by atoms with Crippen molar-refractivity contribution in [2.24, 2.45) is 5.92 Å². The molecular weight excluding hydrogens is 272 g/mol. The van der Waals surface area contributed by atoms with Crippen molar-refractivity contribution >= 4 is 17.7 Å². The van der Waals surface area contributed by atoms with Crippen LogP contribution in [-0.2, 0) is 0 Å². The van der Waals surface area contributed by atoms with Gasteiger partial charge in [0, 0.05) is 6.04 Å². The molecule has 2 unspecified atom stereocenters. The zero-order chi connectivity index (χ0) is 15.4. The van der Waals surface area contributed by atoms with Gasteiger partial charge in [0.15, 0.2) is 0 Å². The highest BCUT2D eigenvalue weighted by molar-refractivity contribution is 5.95. The molecule has 6 heteroatoms. The molecule has 0 aliphatic heterocycles. The van der Waals surface area contributed by atoms with Crippen LogP contribution in [0.15, 0.2) is 18.2 Å². The minimum absolute atomic E-state index is 0.0985. The molecule has 1 fully saturated rings. The van der Waals surface area contributed by atoms with E-state index in [1.165, 1.54) is 25.3 Å². The third kappa shape index (κ3) is 3.87. The molecule has 6 nitrogen and oxygen atoms in total. The Morgan fingerprint density at radius 1 is 1.43 bits per heavy atom. The molecule has 0 aromatic heterocycles. The van der Waals surface area contributed by atoms with Crippen molar-refractivity contribution in [1.29, 1.82) is 0 Å². The number of carboxylic acid groups (broad SMARTS) is 1. The SMILES string of the molecule is CCCC1CC1NC(=O)Nc1cc(C(=O)O)ccc1OC. The highest BCUT2D eigenvalue weighted by atomic mass is 16.5. The molecule has 21 heavy (non-hydrogen) atoms. The second-order valence-electron chi connectivity index (χ2n) is 5.21. The van der Waals surface area contributed by atoms with Gasteiger partial charge in [0.25, 0.3) is 0 Å². The predicted octanol–water partition coefficient (Wildman–Crippen LogP) is 2.70. The number of aromatic carboxylic acids is 1. The molecule has 0 bridgehead atoms. The van der Waals surface area contributed by atoms with Crippen LogP contribution in [0, 0.1) is 5.92 Å². The maximum Gasteiger partial charge on any atom is 0.335 e. The monoisotopic (exact) mass is 292 g/mol. The zero-order valence-corrected chi connectivity index (χ0v) is 12.2. The quantitative estimate of drug-likeness (QED) is 0.752. The second-order valence-corrected chi connectivity index (χ2v) is 5.21. The van der Waals surface area contributed by atoms with E-state index in [9.17, 15) is 9.59 Å². The number of carbonyl (C=O) groups is 2. The molecule has 1 aliphatic rings. The molecule has 1 aromatic rings. The maximum atomic E-state index is 11.9. The molecule has 2 atom stereocenters. The van der Waals surface area contributed by atoms with Gasteiger partial charge in [-0.1, -0.05) is 13.3 Å². The zero-order valence-electron chi connectivity index (χ0n) is 12.2. The van der Waals surface area contributed by atoms with E-state index in [1.54, 1.807) is 0 Å². The van der Waals surface area contributed by atoms with Crippen molar-refractivity contribution in [3.63, 3.8) is 0 Å². The Labute approximate surface area is 123 Å². The summed E-state index contributed by atoms with van der Waals surface area (Å²) in [6, 6.07) is 4.23. The first kappa shape index (κ1) is 15.2. The van der Waals surface area contributed by atoms with Crippen molar-refractivity contribution in [3.8, 4) is 5.75 Å². The standard InChI is InChI=1S/C15H20N2O4/c1-3-4-9-7-11(9)16-15(20)17-12-8-10(14(18)19)5-6-13(12)21-2/h5-6,8-9,11H,3-4,7H2,1-2H3,(H,18,19)(H2,16,17,20). The Balaban J connectivity index is 1.99. The number of hydrogen-bond donors (Lipinski definition) is 3. The van der Waals surface area contributed by atoms with Gasteiger partial charge < -0.3 is 20.5 Å². The Bertz CT molecular complexity index is 544. The summed E-state index contributed by atoms with van der Waals surface area (Å²) < 4.78 is 5.13. The summed E-state index contributed by atoms with van der Waals surface area (Å²) in [6.45, 7) is 2.12. The van der Waals surface area contributed by atoms with Crippen LogP contribution in [0.25, 0.3) is 0 Å². The molecule has 114 valence electrons. The molecule has 1 saturated carbocycles. The fraction of sp³-hybridized carbons (Fsp3) is 0.467. The van der Waals surface area contributed by atoms with E-state index in [2.05, 4.69) is 17.6 Å². The first-order chi connectivity index (χ1) is 10.0. The van der Waals surface area contributed by atoms with Crippen LogP contribution in [0.2, 0.25) is 0 Å². The lowest BCUT2D eigenvalue weighted by molar-refractivity contribution is 0.0697. The largest absolute Gasteiger partial charge is 0.495 e. The summed E-state index contributed by atoms with van der Waals surface area (Å²) in [7, 11) is 1.47. The minimum Gasteiger partial charge on any atom is -0.495 e. The van der Waals surface area contributed by atoms with Crippen molar-refractivity contribution in [1.82, 2.24) is 5.32 Å². The van der Waals surface area contributed by atoms with Crippen LogP contribution in [0.3, 0.4) is 0 Å². The molecule has 1 aliphatic carbocycles. The summed E-state index contributed by atoms with van der Waals surface area (Å²) in [5.74, 6) is -0.0598. The van der Waals surface area contributed by atoms with E-state index in [-0.39, 0.29) is 17.6 Å². The Kier molecular flexibility index (Phi) is 4.67. The van der Waals surface area contributed by atoms with Gasteiger partial charge in [0.2, 0.25) is 0 Å². The van der Waals surface area contributed by atoms with Crippen LogP contribution in [0.5, 0.6) is 5.75 Å². The molecule has 0 heterocycles. The van der Waals surface area contributed by atoms with Gasteiger partial charge in [-0.05, 0) is 37.0 Å². The number of urea groups is 1. The molecule has 1 aromatic carbocycles. The van der Waals surface area contributed by atoms with Gasteiger partial charge >= 0.3 is 12.0 Å². The van der Waals surface area contributed by atoms with Crippen LogP contribution in [0.1, 0.15) is 36.5 Å². The molecule has 3 N–H and O–H groups in total. The van der Waals surface area contributed by atoms with Crippen molar-refractivity contribution in [3.05, 3.63) is 23.8 Å². The third-order valence-corrected chi connectivity index (χ3v) is 3.59. The summed E-state index contributed by atoms with van der Waals surface area (Å²) in [5, 5.41) is 14.5. The summed E-state index contributed by atoms with van der Waals surface area (Å²) in [6.07, 6.45) is 3.23. The Hall–Kier alpha value is -2.24. The summed E-state index contributed by atoms with van der Waals surface area (Å²) in [4.78, 5) is 22.9. The smallest absolute Gasteiger partial charge is 0.335 e. The van der Waals surface area contributed by atoms with Gasteiger partial charge in [0.1, 0.15) is 5.75 Å². The number of hydrogen-bond acceptors (Lipinski definition) is 3. The van der Waals surface area contributed by atoms with Gasteiger partial charge in [0.05, 0.1) is 18.4 Å². The first-order valence-corrected chi connectivity index (χ1v) is 7.04. The number of carboxylic acids is 1. The van der Waals surface area contributed by atoms with Crippen molar-refractivity contribution < 1.29 is 19.4 Å². The molecule has 2 amide bonds. The minimum atomic E-state index is -1.05. The van der Waals surface area contributed by atoms with E-state index in [0.29, 0.717) is 17.4 Å². The van der Waals surface area contributed by atoms with E-state index < -0.39 is 5.97 Å². The lowest BCUT2D eigenvalue weighted by atomic mass is 10.2. The number of carbonyl (C=O) groups excluding carboxylic acids is 1. The average Bonchev–Trinajstić information content (AvgIpc) is 3.16. The number of anilines is 1. The number of methoxy groups -OCH3 is 1. The van der Waals surface area contributed by atoms with Gasteiger partial charge in [-0.2, -0.15) is 0 Å². The van der Waals surface area contributed by atoms with Crippen LogP contribution in [-0.4, -0.2) is 30.3 Å². The fourth-order valence-electron chi connectivity index (χ4n) is 2.38. The van der Waals surface area contributed by atoms with Gasteiger partial charge in [-0.25, -0.2) is 9.59 Å². The number of benzene rings is 1. The summed E-state index contributed by atoms with van der Waals surface area (Å²) >= 11 is 0. The van der Waals surface area contributed by atoms with Crippen LogP contribution in [0.4, 0.5) is 10.5 Å². The number of rotatable bonds is 6. The van der Waals surface area contributed by atoms with E-state index in [0.717, 1.165) is 19.3 Å². The van der Waals surface area contributed by atoms with Crippen LogP contribution >= 0.6 is 0 Å². The third-order valence-electron chi connectivity index (χ3n) is 3.59. The molecule has 0 radical (unpaired) electrons. The predicted molar refractivity (Wildman–Crippen MR) is 78.9 cm³/mol. The molecular formula is C15H20N2O4. The number of amides is 2.